The number of carbonyl (C=O) groups is 1. The molecule has 1 aliphatic heterocycles. The summed E-state index contributed by atoms with van der Waals surface area (Å²) < 4.78 is 38.3. The van der Waals surface area contributed by atoms with E-state index in [2.05, 4.69) is 10.5 Å². The van der Waals surface area contributed by atoms with Gasteiger partial charge in [0.2, 0.25) is 5.91 Å². The Bertz CT molecular complexity index is 1010. The molecule has 0 saturated carbocycles. The lowest BCUT2D eigenvalue weighted by Gasteiger charge is -2.06. The van der Waals surface area contributed by atoms with Gasteiger partial charge in [-0.15, -0.1) is 0 Å². The van der Waals surface area contributed by atoms with Gasteiger partial charge in [0.15, 0.2) is 5.76 Å². The second-order valence-corrected chi connectivity index (χ2v) is 6.79. The SMILES string of the molecule is C[C@@H]1Cc2cc(-c3cc(CC(=O)NCc4c(F)cccc4F)no3)ccc2O1. The molecule has 1 aliphatic rings. The molecule has 0 radical (unpaired) electrons. The van der Waals surface area contributed by atoms with Crippen LogP contribution in [0.25, 0.3) is 11.3 Å². The minimum atomic E-state index is -0.695. The lowest BCUT2D eigenvalue weighted by atomic mass is 10.1. The van der Waals surface area contributed by atoms with Crippen LogP contribution in [0.15, 0.2) is 47.0 Å². The van der Waals surface area contributed by atoms with Gasteiger partial charge >= 0.3 is 0 Å². The van der Waals surface area contributed by atoms with Gasteiger partial charge < -0.3 is 14.6 Å². The second-order valence-electron chi connectivity index (χ2n) is 6.79. The molecule has 4 rings (SSSR count). The molecule has 1 aromatic heterocycles. The van der Waals surface area contributed by atoms with Crippen molar-refractivity contribution < 1.29 is 22.8 Å². The van der Waals surface area contributed by atoms with Crippen molar-refractivity contribution in [2.45, 2.75) is 32.4 Å². The molecule has 1 atom stereocenters. The van der Waals surface area contributed by atoms with Gasteiger partial charge in [-0.25, -0.2) is 8.78 Å². The Kier molecular flexibility index (Phi) is 4.81. The molecule has 2 heterocycles. The molecule has 1 amide bonds. The first-order valence-electron chi connectivity index (χ1n) is 8.94. The molecule has 0 bridgehead atoms. The highest BCUT2D eigenvalue weighted by Crippen LogP contribution is 2.33. The van der Waals surface area contributed by atoms with Crippen molar-refractivity contribution in [3.8, 4) is 17.1 Å². The van der Waals surface area contributed by atoms with E-state index in [0.29, 0.717) is 11.5 Å². The van der Waals surface area contributed by atoms with Crippen molar-refractivity contribution >= 4 is 5.91 Å². The molecule has 5 nitrogen and oxygen atoms in total. The maximum Gasteiger partial charge on any atom is 0.226 e. The Morgan fingerprint density at radius 1 is 1.21 bits per heavy atom. The summed E-state index contributed by atoms with van der Waals surface area (Å²) in [5.41, 5.74) is 2.22. The minimum Gasteiger partial charge on any atom is -0.490 e. The highest BCUT2D eigenvalue weighted by molar-refractivity contribution is 5.78. The van der Waals surface area contributed by atoms with Crippen LogP contribution in [0.4, 0.5) is 8.78 Å². The predicted octanol–water partition coefficient (Wildman–Crippen LogP) is 3.80. The maximum absolute atomic E-state index is 13.6. The first-order valence-corrected chi connectivity index (χ1v) is 8.94. The Morgan fingerprint density at radius 3 is 2.79 bits per heavy atom. The fourth-order valence-corrected chi connectivity index (χ4v) is 3.22. The molecule has 0 spiro atoms. The van der Waals surface area contributed by atoms with Crippen molar-refractivity contribution in [2.24, 2.45) is 0 Å². The minimum absolute atomic E-state index is 0.0509. The van der Waals surface area contributed by atoms with Crippen molar-refractivity contribution in [2.75, 3.05) is 0 Å². The predicted molar refractivity (Wildman–Crippen MR) is 97.6 cm³/mol. The zero-order valence-electron chi connectivity index (χ0n) is 15.2. The van der Waals surface area contributed by atoms with Crippen molar-refractivity contribution in [3.05, 3.63) is 70.9 Å². The number of rotatable bonds is 5. The Balaban J connectivity index is 1.40. The number of benzene rings is 2. The summed E-state index contributed by atoms with van der Waals surface area (Å²) in [5, 5.41) is 6.42. The smallest absolute Gasteiger partial charge is 0.226 e. The summed E-state index contributed by atoms with van der Waals surface area (Å²) in [5.74, 6) is -0.377. The van der Waals surface area contributed by atoms with Crippen LogP contribution in [0.2, 0.25) is 0 Å². The summed E-state index contributed by atoms with van der Waals surface area (Å²) in [6.45, 7) is 1.78. The standard InChI is InChI=1S/C21H18F2N2O3/c1-12-7-14-8-13(5-6-19(14)27-12)20-9-15(25-28-20)10-21(26)24-11-16-17(22)3-2-4-18(16)23/h2-6,8-9,12H,7,10-11H2,1H3,(H,24,26)/t12-/m1/s1. The molecular weight excluding hydrogens is 366 g/mol. The van der Waals surface area contributed by atoms with E-state index in [1.54, 1.807) is 6.07 Å². The van der Waals surface area contributed by atoms with E-state index < -0.39 is 17.5 Å². The third kappa shape index (κ3) is 3.74. The molecular formula is C21H18F2N2O3. The van der Waals surface area contributed by atoms with Gasteiger partial charge in [0.1, 0.15) is 23.5 Å². The molecule has 144 valence electrons. The summed E-state index contributed by atoms with van der Waals surface area (Å²) in [6, 6.07) is 11.0. The van der Waals surface area contributed by atoms with E-state index in [-0.39, 0.29) is 24.6 Å². The zero-order chi connectivity index (χ0) is 19.7. The normalized spacial score (nSPS) is 15.2. The highest BCUT2D eigenvalue weighted by atomic mass is 19.1. The molecule has 0 saturated heterocycles. The number of hydrogen-bond donors (Lipinski definition) is 1. The van der Waals surface area contributed by atoms with Gasteiger partial charge in [-0.05, 0) is 42.8 Å². The first kappa shape index (κ1) is 18.2. The average Bonchev–Trinajstić information content (AvgIpc) is 3.26. The number of ether oxygens (including phenoxy) is 1. The largest absolute Gasteiger partial charge is 0.490 e. The lowest BCUT2D eigenvalue weighted by molar-refractivity contribution is -0.120. The molecule has 0 unspecified atom stereocenters. The van der Waals surface area contributed by atoms with Crippen molar-refractivity contribution in [1.29, 1.82) is 0 Å². The Morgan fingerprint density at radius 2 is 2.00 bits per heavy atom. The molecule has 7 heteroatoms. The number of halogens is 2. The fourth-order valence-electron chi connectivity index (χ4n) is 3.22. The van der Waals surface area contributed by atoms with Gasteiger partial charge in [0, 0.05) is 30.2 Å². The summed E-state index contributed by atoms with van der Waals surface area (Å²) in [4.78, 5) is 12.1. The quantitative estimate of drug-likeness (QED) is 0.727. The topological polar surface area (TPSA) is 64.4 Å². The summed E-state index contributed by atoms with van der Waals surface area (Å²) >= 11 is 0. The lowest BCUT2D eigenvalue weighted by Crippen LogP contribution is -2.25. The third-order valence-electron chi connectivity index (χ3n) is 4.61. The number of fused-ring (bicyclic) bond motifs is 1. The van der Waals surface area contributed by atoms with E-state index in [1.807, 2.05) is 25.1 Å². The number of carbonyl (C=O) groups excluding carboxylic acids is 1. The van der Waals surface area contributed by atoms with E-state index in [9.17, 15) is 13.6 Å². The number of nitrogens with zero attached hydrogens (tertiary/aromatic N) is 1. The van der Waals surface area contributed by atoms with Gasteiger partial charge in [-0.3, -0.25) is 4.79 Å². The monoisotopic (exact) mass is 384 g/mol. The third-order valence-corrected chi connectivity index (χ3v) is 4.61. The summed E-state index contributed by atoms with van der Waals surface area (Å²) in [6.07, 6.45) is 0.933. The van der Waals surface area contributed by atoms with E-state index >= 15 is 0 Å². The second kappa shape index (κ2) is 7.42. The molecule has 2 aromatic carbocycles. The number of amides is 1. The van der Waals surface area contributed by atoms with Crippen LogP contribution in [-0.2, 0) is 24.2 Å². The van der Waals surface area contributed by atoms with Crippen molar-refractivity contribution in [1.82, 2.24) is 10.5 Å². The van der Waals surface area contributed by atoms with Gasteiger partial charge in [0.25, 0.3) is 0 Å². The van der Waals surface area contributed by atoms with Crippen LogP contribution in [0.5, 0.6) is 5.75 Å². The first-order chi connectivity index (χ1) is 13.5. The fraction of sp³-hybridized carbons (Fsp3) is 0.238. The maximum atomic E-state index is 13.6. The van der Waals surface area contributed by atoms with Crippen LogP contribution in [0.3, 0.4) is 0 Å². The number of nitrogens with one attached hydrogen (secondary N) is 1. The molecule has 28 heavy (non-hydrogen) atoms. The van der Waals surface area contributed by atoms with Crippen LogP contribution in [-0.4, -0.2) is 17.2 Å². The Labute approximate surface area is 160 Å². The van der Waals surface area contributed by atoms with Crippen LogP contribution in [0.1, 0.15) is 23.7 Å². The van der Waals surface area contributed by atoms with Gasteiger partial charge in [-0.1, -0.05) is 11.2 Å². The van der Waals surface area contributed by atoms with Crippen LogP contribution in [0, 0.1) is 11.6 Å². The van der Waals surface area contributed by atoms with Crippen LogP contribution >= 0.6 is 0 Å². The number of hydrogen-bond acceptors (Lipinski definition) is 4. The van der Waals surface area contributed by atoms with Gasteiger partial charge in [0.05, 0.1) is 12.1 Å². The highest BCUT2D eigenvalue weighted by Gasteiger charge is 2.20. The van der Waals surface area contributed by atoms with E-state index in [4.69, 9.17) is 9.26 Å². The molecule has 0 aliphatic carbocycles. The van der Waals surface area contributed by atoms with E-state index in [0.717, 1.165) is 35.4 Å². The van der Waals surface area contributed by atoms with Crippen LogP contribution < -0.4 is 10.1 Å². The van der Waals surface area contributed by atoms with Gasteiger partial charge in [-0.2, -0.15) is 0 Å². The molecule has 3 aromatic rings. The Hall–Kier alpha value is -3.22. The molecule has 0 fully saturated rings. The van der Waals surface area contributed by atoms with E-state index in [1.165, 1.54) is 6.07 Å². The average molecular weight is 384 g/mol. The molecule has 1 N–H and O–H groups in total. The number of aromatic nitrogens is 1. The summed E-state index contributed by atoms with van der Waals surface area (Å²) in [7, 11) is 0. The zero-order valence-corrected chi connectivity index (χ0v) is 15.2. The van der Waals surface area contributed by atoms with Crippen molar-refractivity contribution in [3.63, 3.8) is 0 Å².